The minimum atomic E-state index is -0.529. The van der Waals surface area contributed by atoms with Crippen molar-refractivity contribution in [3.8, 4) is 0 Å². The van der Waals surface area contributed by atoms with E-state index in [1.807, 2.05) is 0 Å². The summed E-state index contributed by atoms with van der Waals surface area (Å²) >= 11 is 0. The molecule has 0 radical (unpaired) electrons. The molecule has 3 heterocycles. The number of nitrogens with one attached hydrogen (secondary N) is 1. The van der Waals surface area contributed by atoms with Gasteiger partial charge in [-0.05, 0) is 25.0 Å². The number of amides is 2. The number of morpholine rings is 1. The van der Waals surface area contributed by atoms with Crippen LogP contribution in [0, 0.1) is 0 Å². The fraction of sp³-hybridized carbons (Fsp3) is 0.611. The van der Waals surface area contributed by atoms with Crippen molar-refractivity contribution in [3.63, 3.8) is 0 Å². The van der Waals surface area contributed by atoms with Crippen LogP contribution in [0.3, 0.4) is 0 Å². The summed E-state index contributed by atoms with van der Waals surface area (Å²) in [6, 6.07) is 4.82. The molecule has 2 aliphatic rings. The van der Waals surface area contributed by atoms with Gasteiger partial charge in [0.25, 0.3) is 5.91 Å². The normalized spacial score (nSPS) is 26.3. The maximum absolute atomic E-state index is 12.4. The fourth-order valence-electron chi connectivity index (χ4n) is 3.32. The van der Waals surface area contributed by atoms with Crippen molar-refractivity contribution in [2.24, 2.45) is 0 Å². The Morgan fingerprint density at radius 2 is 2.08 bits per heavy atom. The molecule has 0 unspecified atom stereocenters. The van der Waals surface area contributed by atoms with E-state index in [9.17, 15) is 14.7 Å². The van der Waals surface area contributed by atoms with Crippen molar-refractivity contribution in [1.29, 1.82) is 0 Å². The largest absolute Gasteiger partial charge is 0.394 e. The number of hydrogen-bond acceptors (Lipinski definition) is 6. The van der Waals surface area contributed by atoms with Crippen molar-refractivity contribution in [2.75, 3.05) is 32.9 Å². The van der Waals surface area contributed by atoms with Crippen LogP contribution in [0.4, 0.5) is 0 Å². The maximum atomic E-state index is 12.4. The number of nitrogens with zero attached hydrogens (tertiary/aromatic N) is 2. The van der Waals surface area contributed by atoms with Crippen LogP contribution in [-0.2, 0) is 14.3 Å². The van der Waals surface area contributed by atoms with E-state index in [0.29, 0.717) is 44.8 Å². The first-order valence-corrected chi connectivity index (χ1v) is 9.01. The molecule has 0 aliphatic carbocycles. The summed E-state index contributed by atoms with van der Waals surface area (Å²) in [5, 5.41) is 12.5. The van der Waals surface area contributed by atoms with E-state index in [-0.39, 0.29) is 37.0 Å². The average molecular weight is 363 g/mol. The Labute approximate surface area is 152 Å². The van der Waals surface area contributed by atoms with E-state index in [2.05, 4.69) is 10.3 Å². The zero-order chi connectivity index (χ0) is 18.4. The highest BCUT2D eigenvalue weighted by molar-refractivity contribution is 5.92. The average Bonchev–Trinajstić information content (AvgIpc) is 2.70. The van der Waals surface area contributed by atoms with Gasteiger partial charge < -0.3 is 24.8 Å². The molecular weight excluding hydrogens is 338 g/mol. The van der Waals surface area contributed by atoms with Crippen LogP contribution in [0.25, 0.3) is 0 Å². The molecule has 8 nitrogen and oxygen atoms in total. The molecule has 0 saturated carbocycles. The third kappa shape index (κ3) is 4.78. The van der Waals surface area contributed by atoms with Gasteiger partial charge in [0.15, 0.2) is 0 Å². The predicted molar refractivity (Wildman–Crippen MR) is 92.5 cm³/mol. The zero-order valence-corrected chi connectivity index (χ0v) is 14.7. The molecule has 3 atom stereocenters. The summed E-state index contributed by atoms with van der Waals surface area (Å²) in [7, 11) is 0. The Morgan fingerprint density at radius 3 is 2.77 bits per heavy atom. The first-order valence-electron chi connectivity index (χ1n) is 9.01. The molecular formula is C18H25N3O5. The second-order valence-corrected chi connectivity index (χ2v) is 6.55. The van der Waals surface area contributed by atoms with Crippen LogP contribution < -0.4 is 5.32 Å². The standard InChI is InChI=1S/C18H25N3O5/c22-12-16-14(20-18(24)15-3-1-2-6-19-15)5-4-13(26-16)11-17(23)21-7-9-25-10-8-21/h1-3,6,13-14,16,22H,4-5,7-12H2,(H,20,24)/t13-,14-,16+/m0/s1. The van der Waals surface area contributed by atoms with E-state index in [1.54, 1.807) is 29.3 Å². The van der Waals surface area contributed by atoms with E-state index in [4.69, 9.17) is 9.47 Å². The number of carbonyl (C=O) groups is 2. The smallest absolute Gasteiger partial charge is 0.270 e. The van der Waals surface area contributed by atoms with E-state index < -0.39 is 6.10 Å². The first kappa shape index (κ1) is 18.8. The van der Waals surface area contributed by atoms with Gasteiger partial charge >= 0.3 is 0 Å². The number of hydrogen-bond donors (Lipinski definition) is 2. The molecule has 3 rings (SSSR count). The van der Waals surface area contributed by atoms with E-state index in [1.165, 1.54) is 0 Å². The first-order chi connectivity index (χ1) is 12.7. The minimum absolute atomic E-state index is 0.0472. The van der Waals surface area contributed by atoms with Gasteiger partial charge in [-0.25, -0.2) is 0 Å². The second-order valence-electron chi connectivity index (χ2n) is 6.55. The molecule has 2 fully saturated rings. The van der Waals surface area contributed by atoms with Crippen LogP contribution in [0.1, 0.15) is 29.8 Å². The van der Waals surface area contributed by atoms with Crippen LogP contribution in [0.15, 0.2) is 24.4 Å². The summed E-state index contributed by atoms with van der Waals surface area (Å²) < 4.78 is 11.1. The zero-order valence-electron chi connectivity index (χ0n) is 14.7. The molecule has 2 N–H and O–H groups in total. The van der Waals surface area contributed by atoms with Gasteiger partial charge in [0.05, 0.1) is 38.4 Å². The van der Waals surface area contributed by atoms with Crippen molar-refractivity contribution >= 4 is 11.8 Å². The van der Waals surface area contributed by atoms with Crippen LogP contribution in [-0.4, -0.2) is 78.0 Å². The van der Waals surface area contributed by atoms with E-state index in [0.717, 1.165) is 0 Å². The molecule has 0 spiro atoms. The number of aliphatic hydroxyl groups is 1. The molecule has 1 aromatic heterocycles. The summed E-state index contributed by atoms with van der Waals surface area (Å²) in [4.78, 5) is 30.4. The lowest BCUT2D eigenvalue weighted by molar-refractivity contribution is -0.143. The van der Waals surface area contributed by atoms with Gasteiger partial charge in [-0.15, -0.1) is 0 Å². The minimum Gasteiger partial charge on any atom is -0.394 e. The SMILES string of the molecule is O=C(N[C@H]1CC[C@@H](CC(=O)N2CCOCC2)O[C@@H]1CO)c1ccccn1. The Hall–Kier alpha value is -2.03. The van der Waals surface area contributed by atoms with Gasteiger partial charge in [-0.3, -0.25) is 14.6 Å². The summed E-state index contributed by atoms with van der Waals surface area (Å²) in [5.74, 6) is -0.244. The Morgan fingerprint density at radius 1 is 1.27 bits per heavy atom. The lowest BCUT2D eigenvalue weighted by Gasteiger charge is -2.37. The molecule has 0 bridgehead atoms. The molecule has 26 heavy (non-hydrogen) atoms. The quantitative estimate of drug-likeness (QED) is 0.762. The van der Waals surface area contributed by atoms with Crippen molar-refractivity contribution in [2.45, 2.75) is 37.5 Å². The number of pyridine rings is 1. The number of carbonyl (C=O) groups excluding carboxylic acids is 2. The highest BCUT2D eigenvalue weighted by atomic mass is 16.5. The van der Waals surface area contributed by atoms with Gasteiger partial charge in [0.2, 0.25) is 5.91 Å². The lowest BCUT2D eigenvalue weighted by Crippen LogP contribution is -2.52. The van der Waals surface area contributed by atoms with Crippen molar-refractivity contribution < 1.29 is 24.2 Å². The third-order valence-electron chi connectivity index (χ3n) is 4.78. The van der Waals surface area contributed by atoms with E-state index >= 15 is 0 Å². The summed E-state index contributed by atoms with van der Waals surface area (Å²) in [6.07, 6.45) is 2.37. The second kappa shape index (κ2) is 9.07. The highest BCUT2D eigenvalue weighted by Gasteiger charge is 2.34. The maximum Gasteiger partial charge on any atom is 0.270 e. The molecule has 2 saturated heterocycles. The molecule has 0 aromatic carbocycles. The van der Waals surface area contributed by atoms with Crippen LogP contribution >= 0.6 is 0 Å². The topological polar surface area (TPSA) is 101 Å². The molecule has 8 heteroatoms. The monoisotopic (exact) mass is 363 g/mol. The molecule has 2 amide bonds. The fourth-order valence-corrected chi connectivity index (χ4v) is 3.32. The van der Waals surface area contributed by atoms with Gasteiger partial charge in [0.1, 0.15) is 11.8 Å². The predicted octanol–water partition coefficient (Wildman–Crippen LogP) is -0.0312. The Balaban J connectivity index is 1.51. The van der Waals surface area contributed by atoms with Crippen molar-refractivity contribution in [1.82, 2.24) is 15.2 Å². The number of rotatable bonds is 5. The van der Waals surface area contributed by atoms with Gasteiger partial charge in [0, 0.05) is 19.3 Å². The summed E-state index contributed by atoms with van der Waals surface area (Å²) in [6.45, 7) is 2.14. The van der Waals surface area contributed by atoms with Gasteiger partial charge in [-0.2, -0.15) is 0 Å². The van der Waals surface area contributed by atoms with Gasteiger partial charge in [-0.1, -0.05) is 6.07 Å². The molecule has 1 aromatic rings. The number of aromatic nitrogens is 1. The Kier molecular flexibility index (Phi) is 6.54. The summed E-state index contributed by atoms with van der Waals surface area (Å²) in [5.41, 5.74) is 0.328. The Bertz CT molecular complexity index is 606. The molecule has 142 valence electrons. The van der Waals surface area contributed by atoms with Crippen LogP contribution in [0.2, 0.25) is 0 Å². The lowest BCUT2D eigenvalue weighted by atomic mass is 9.96. The third-order valence-corrected chi connectivity index (χ3v) is 4.78. The van der Waals surface area contributed by atoms with Crippen molar-refractivity contribution in [3.05, 3.63) is 30.1 Å². The number of ether oxygens (including phenoxy) is 2. The number of aliphatic hydroxyl groups excluding tert-OH is 1. The highest BCUT2D eigenvalue weighted by Crippen LogP contribution is 2.23. The van der Waals surface area contributed by atoms with Crippen LogP contribution in [0.5, 0.6) is 0 Å². The molecule has 2 aliphatic heterocycles.